The van der Waals surface area contributed by atoms with Crippen molar-refractivity contribution in [2.45, 2.75) is 19.4 Å². The number of aromatic nitrogens is 3. The zero-order valence-corrected chi connectivity index (χ0v) is 21.6. The van der Waals surface area contributed by atoms with Gasteiger partial charge in [0.1, 0.15) is 12.5 Å². The van der Waals surface area contributed by atoms with E-state index in [-0.39, 0.29) is 36.0 Å². The summed E-state index contributed by atoms with van der Waals surface area (Å²) >= 11 is 0. The van der Waals surface area contributed by atoms with Crippen molar-refractivity contribution in [2.24, 2.45) is 0 Å². The maximum Gasteiger partial charge on any atom is 0.273 e. The fraction of sp³-hybridized carbons (Fsp3) is 0.333. The lowest BCUT2D eigenvalue weighted by atomic mass is 10.1. The molecule has 11 nitrogen and oxygen atoms in total. The molecule has 0 saturated carbocycles. The second-order valence-corrected chi connectivity index (χ2v) is 9.28. The summed E-state index contributed by atoms with van der Waals surface area (Å²) in [5.41, 5.74) is 0.779. The Kier molecular flexibility index (Phi) is 7.05. The van der Waals surface area contributed by atoms with Crippen molar-refractivity contribution in [2.75, 3.05) is 53.5 Å². The SMILES string of the molecule is CC1(C)Oc2ccc(Nc3nc(Nc4ccc(N5CCOCC5)cc4)ncc3F)nc2N(COP)C1=O. The molecule has 0 spiro atoms. The average Bonchev–Trinajstić information content (AvgIpc) is 2.90. The van der Waals surface area contributed by atoms with Crippen molar-refractivity contribution in [3.8, 4) is 5.75 Å². The molecule has 1 fully saturated rings. The van der Waals surface area contributed by atoms with Crippen LogP contribution in [0.2, 0.25) is 0 Å². The standard InChI is InChI=1S/C24H27FN7O4P/c1-24(2)22(33)32(14-35-37)21-18(36-24)7-8-19(29-21)28-20-17(25)13-26-23(30-20)27-15-3-5-16(6-4-15)31-9-11-34-12-10-31/h3-8,13H,9-12,14,37H2,1-2H3,(H2,26,27,28,29,30). The fourth-order valence-corrected chi connectivity index (χ4v) is 4.20. The Labute approximate surface area is 215 Å². The van der Waals surface area contributed by atoms with E-state index >= 15 is 0 Å². The third-order valence-electron chi connectivity index (χ3n) is 5.91. The van der Waals surface area contributed by atoms with Gasteiger partial charge in [0, 0.05) is 33.9 Å². The van der Waals surface area contributed by atoms with Gasteiger partial charge in [-0.25, -0.2) is 14.4 Å². The molecule has 1 atom stereocenters. The normalized spacial score (nSPS) is 16.7. The maximum absolute atomic E-state index is 14.6. The first kappa shape index (κ1) is 25.1. The molecule has 2 aliphatic heterocycles. The molecule has 2 N–H and O–H groups in total. The number of pyridine rings is 1. The lowest BCUT2D eigenvalue weighted by molar-refractivity contribution is -0.133. The van der Waals surface area contributed by atoms with Crippen molar-refractivity contribution >= 4 is 50.2 Å². The minimum absolute atomic E-state index is 0.0417. The first-order valence-corrected chi connectivity index (χ1v) is 12.1. The Morgan fingerprint density at radius 1 is 1.11 bits per heavy atom. The predicted molar refractivity (Wildman–Crippen MR) is 140 cm³/mol. The number of hydrogen-bond acceptors (Lipinski definition) is 10. The van der Waals surface area contributed by atoms with Crippen molar-refractivity contribution in [3.63, 3.8) is 0 Å². The Hall–Kier alpha value is -3.60. The smallest absolute Gasteiger partial charge is 0.273 e. The summed E-state index contributed by atoms with van der Waals surface area (Å²) in [5.74, 6) is 0.0828. The second kappa shape index (κ2) is 10.4. The highest BCUT2D eigenvalue weighted by Crippen LogP contribution is 2.37. The summed E-state index contributed by atoms with van der Waals surface area (Å²) in [6.07, 6.45) is 1.07. The van der Waals surface area contributed by atoms with Gasteiger partial charge in [0.05, 0.1) is 19.4 Å². The van der Waals surface area contributed by atoms with Crippen LogP contribution in [0.15, 0.2) is 42.6 Å². The highest BCUT2D eigenvalue weighted by atomic mass is 31.0. The Morgan fingerprint density at radius 3 is 2.59 bits per heavy atom. The van der Waals surface area contributed by atoms with Gasteiger partial charge in [-0.3, -0.25) is 9.69 Å². The molecule has 1 amide bonds. The minimum Gasteiger partial charge on any atom is -0.474 e. The molecule has 3 aromatic rings. The van der Waals surface area contributed by atoms with E-state index in [0.29, 0.717) is 19.0 Å². The van der Waals surface area contributed by atoms with Gasteiger partial charge in [0.2, 0.25) is 5.95 Å². The summed E-state index contributed by atoms with van der Waals surface area (Å²) in [4.78, 5) is 29.2. The summed E-state index contributed by atoms with van der Waals surface area (Å²) in [5, 5.41) is 5.96. The monoisotopic (exact) mass is 527 g/mol. The highest BCUT2D eigenvalue weighted by Gasteiger charge is 2.42. The molecule has 0 radical (unpaired) electrons. The molecule has 1 aromatic carbocycles. The van der Waals surface area contributed by atoms with Crippen LogP contribution in [0.5, 0.6) is 5.75 Å². The molecule has 13 heteroatoms. The first-order valence-electron chi connectivity index (χ1n) is 11.7. The third-order valence-corrected chi connectivity index (χ3v) is 6.06. The van der Waals surface area contributed by atoms with Crippen LogP contribution in [0.1, 0.15) is 13.8 Å². The second-order valence-electron chi connectivity index (χ2n) is 8.95. The number of anilines is 6. The number of halogens is 1. The number of rotatable bonds is 7. The number of benzene rings is 1. The quantitative estimate of drug-likeness (QED) is 0.442. The Balaban J connectivity index is 1.33. The molecular formula is C24H27FN7O4P. The van der Waals surface area contributed by atoms with E-state index in [1.165, 1.54) is 4.90 Å². The van der Waals surface area contributed by atoms with Crippen LogP contribution in [0.25, 0.3) is 0 Å². The van der Waals surface area contributed by atoms with Crippen LogP contribution in [-0.4, -0.2) is 59.5 Å². The van der Waals surface area contributed by atoms with E-state index in [2.05, 4.69) is 40.0 Å². The molecule has 1 unspecified atom stereocenters. The maximum atomic E-state index is 14.6. The topological polar surface area (TPSA) is 114 Å². The van der Waals surface area contributed by atoms with Crippen molar-refractivity contribution in [1.82, 2.24) is 15.0 Å². The third kappa shape index (κ3) is 5.41. The van der Waals surface area contributed by atoms with Crippen LogP contribution in [0.3, 0.4) is 0 Å². The molecule has 0 aliphatic carbocycles. The van der Waals surface area contributed by atoms with Gasteiger partial charge >= 0.3 is 0 Å². The molecule has 2 aromatic heterocycles. The molecule has 37 heavy (non-hydrogen) atoms. The number of morpholine rings is 1. The van der Waals surface area contributed by atoms with Crippen LogP contribution in [-0.2, 0) is 14.1 Å². The van der Waals surface area contributed by atoms with E-state index in [4.69, 9.17) is 14.0 Å². The number of fused-ring (bicyclic) bond motifs is 1. The van der Waals surface area contributed by atoms with Gasteiger partial charge < -0.3 is 29.5 Å². The summed E-state index contributed by atoms with van der Waals surface area (Å²) in [7, 11) is 2.11. The Bertz CT molecular complexity index is 1290. The molecule has 194 valence electrons. The zero-order valence-electron chi connectivity index (χ0n) is 20.4. The first-order chi connectivity index (χ1) is 17.8. The summed E-state index contributed by atoms with van der Waals surface area (Å²) < 4.78 is 30.9. The fourth-order valence-electron chi connectivity index (χ4n) is 4.05. The predicted octanol–water partition coefficient (Wildman–Crippen LogP) is 3.60. The summed E-state index contributed by atoms with van der Waals surface area (Å²) in [6, 6.07) is 11.1. The molecule has 4 heterocycles. The molecule has 1 saturated heterocycles. The molecule has 0 bridgehead atoms. The number of nitrogens with one attached hydrogen (secondary N) is 2. The van der Waals surface area contributed by atoms with Crippen molar-refractivity contribution in [1.29, 1.82) is 0 Å². The number of ether oxygens (including phenoxy) is 2. The van der Waals surface area contributed by atoms with E-state index < -0.39 is 11.4 Å². The largest absolute Gasteiger partial charge is 0.474 e. The van der Waals surface area contributed by atoms with Gasteiger partial charge in [-0.1, -0.05) is 0 Å². The number of hydrogen-bond donors (Lipinski definition) is 2. The van der Waals surface area contributed by atoms with E-state index in [9.17, 15) is 9.18 Å². The minimum atomic E-state index is -1.08. The van der Waals surface area contributed by atoms with Crippen LogP contribution >= 0.6 is 9.47 Å². The van der Waals surface area contributed by atoms with Crippen molar-refractivity contribution < 1.29 is 23.2 Å². The Morgan fingerprint density at radius 2 is 1.86 bits per heavy atom. The molecule has 2 aliphatic rings. The van der Waals surface area contributed by atoms with Crippen LogP contribution in [0.4, 0.5) is 39.2 Å². The number of nitrogens with zero attached hydrogens (tertiary/aromatic N) is 5. The molecular weight excluding hydrogens is 500 g/mol. The van der Waals surface area contributed by atoms with Gasteiger partial charge in [0.15, 0.2) is 28.8 Å². The van der Waals surface area contributed by atoms with Gasteiger partial charge in [-0.2, -0.15) is 4.98 Å². The van der Waals surface area contributed by atoms with Gasteiger partial charge in [-0.05, 0) is 50.2 Å². The van der Waals surface area contributed by atoms with Gasteiger partial charge in [-0.15, -0.1) is 0 Å². The van der Waals surface area contributed by atoms with Crippen molar-refractivity contribution in [3.05, 3.63) is 48.4 Å². The summed E-state index contributed by atoms with van der Waals surface area (Å²) in [6.45, 7) is 6.41. The molecule has 5 rings (SSSR count). The lowest BCUT2D eigenvalue weighted by Gasteiger charge is -2.37. The number of carbonyl (C=O) groups is 1. The highest BCUT2D eigenvalue weighted by molar-refractivity contribution is 7.09. The van der Waals surface area contributed by atoms with Crippen LogP contribution in [0, 0.1) is 5.82 Å². The lowest BCUT2D eigenvalue weighted by Crippen LogP contribution is -2.53. The number of carbonyl (C=O) groups excluding carboxylic acids is 1. The zero-order chi connectivity index (χ0) is 26.0. The van der Waals surface area contributed by atoms with Gasteiger partial charge in [0.25, 0.3) is 5.91 Å². The van der Waals surface area contributed by atoms with E-state index in [1.54, 1.807) is 26.0 Å². The average molecular weight is 527 g/mol. The van der Waals surface area contributed by atoms with E-state index in [1.807, 2.05) is 24.3 Å². The van der Waals surface area contributed by atoms with E-state index in [0.717, 1.165) is 30.7 Å². The van der Waals surface area contributed by atoms with Crippen LogP contribution < -0.4 is 25.2 Å². The number of amides is 1.